The molecule has 3 rings (SSSR count). The third kappa shape index (κ3) is 4.33. The Labute approximate surface area is 143 Å². The van der Waals surface area contributed by atoms with Gasteiger partial charge in [0.05, 0.1) is 11.7 Å². The van der Waals surface area contributed by atoms with Crippen molar-refractivity contribution in [2.24, 2.45) is 0 Å². The lowest BCUT2D eigenvalue weighted by atomic mass is 10.1. The Morgan fingerprint density at radius 2 is 2.13 bits per heavy atom. The van der Waals surface area contributed by atoms with Gasteiger partial charge < -0.3 is 14.8 Å². The number of amides is 1. The summed E-state index contributed by atoms with van der Waals surface area (Å²) < 4.78 is 12.3. The molecular weight excluding hydrogens is 358 g/mol. The maximum absolute atomic E-state index is 12.5. The molecule has 0 saturated carbocycles. The molecule has 1 aliphatic heterocycles. The minimum atomic E-state index is -0.189. The molecule has 0 aliphatic carbocycles. The molecule has 120 valence electrons. The second-order valence-corrected chi connectivity index (χ2v) is 6.32. The van der Waals surface area contributed by atoms with Gasteiger partial charge in [-0.3, -0.25) is 4.79 Å². The molecule has 4 nitrogen and oxygen atoms in total. The number of carbonyl (C=O) groups excluding carboxylic acids is 1. The maximum Gasteiger partial charge on any atom is 0.259 e. The topological polar surface area (TPSA) is 47.6 Å². The first kappa shape index (κ1) is 16.0. The quantitative estimate of drug-likeness (QED) is 0.848. The van der Waals surface area contributed by atoms with Crippen LogP contribution in [0.15, 0.2) is 53.0 Å². The summed E-state index contributed by atoms with van der Waals surface area (Å²) >= 11 is 3.40. The SMILES string of the molecule is O=C(Nc1cccc(Br)c1)c1ccccc1OC[C@H]1CCCO1. The lowest BCUT2D eigenvalue weighted by Gasteiger charge is -2.14. The van der Waals surface area contributed by atoms with E-state index in [0.717, 1.165) is 29.6 Å². The smallest absolute Gasteiger partial charge is 0.259 e. The highest BCUT2D eigenvalue weighted by Crippen LogP contribution is 2.22. The number of carbonyl (C=O) groups is 1. The van der Waals surface area contributed by atoms with Gasteiger partial charge in [0.15, 0.2) is 0 Å². The Morgan fingerprint density at radius 1 is 1.26 bits per heavy atom. The molecule has 2 aromatic rings. The first-order chi connectivity index (χ1) is 11.2. The summed E-state index contributed by atoms with van der Waals surface area (Å²) in [6.07, 6.45) is 2.20. The van der Waals surface area contributed by atoms with Gasteiger partial charge in [-0.05, 0) is 43.2 Å². The second-order valence-electron chi connectivity index (χ2n) is 5.41. The number of halogens is 1. The largest absolute Gasteiger partial charge is 0.490 e. The van der Waals surface area contributed by atoms with Gasteiger partial charge in [-0.25, -0.2) is 0 Å². The molecule has 0 spiro atoms. The normalized spacial score (nSPS) is 17.0. The zero-order valence-corrected chi connectivity index (χ0v) is 14.2. The zero-order chi connectivity index (χ0) is 16.1. The van der Waals surface area contributed by atoms with Gasteiger partial charge in [-0.15, -0.1) is 0 Å². The summed E-state index contributed by atoms with van der Waals surface area (Å²) in [5.74, 6) is 0.390. The lowest BCUT2D eigenvalue weighted by Crippen LogP contribution is -2.19. The van der Waals surface area contributed by atoms with E-state index < -0.39 is 0 Å². The third-order valence-corrected chi connectivity index (χ3v) is 4.16. The predicted octanol–water partition coefficient (Wildman–Crippen LogP) is 4.26. The minimum Gasteiger partial charge on any atom is -0.490 e. The molecule has 0 aromatic heterocycles. The Morgan fingerprint density at radius 3 is 2.91 bits per heavy atom. The Hall–Kier alpha value is -1.85. The fraction of sp³-hybridized carbons (Fsp3) is 0.278. The van der Waals surface area contributed by atoms with Crippen molar-refractivity contribution in [3.8, 4) is 5.75 Å². The van der Waals surface area contributed by atoms with Crippen LogP contribution in [0.1, 0.15) is 23.2 Å². The third-order valence-electron chi connectivity index (χ3n) is 3.66. The molecule has 1 atom stereocenters. The number of hydrogen-bond donors (Lipinski definition) is 1. The lowest BCUT2D eigenvalue weighted by molar-refractivity contribution is 0.0673. The van der Waals surface area contributed by atoms with Crippen LogP contribution < -0.4 is 10.1 Å². The van der Waals surface area contributed by atoms with Crippen LogP contribution in [0.4, 0.5) is 5.69 Å². The first-order valence-corrected chi connectivity index (χ1v) is 8.42. The molecule has 1 fully saturated rings. The highest BCUT2D eigenvalue weighted by molar-refractivity contribution is 9.10. The van der Waals surface area contributed by atoms with Gasteiger partial charge >= 0.3 is 0 Å². The van der Waals surface area contributed by atoms with Crippen molar-refractivity contribution in [2.45, 2.75) is 18.9 Å². The molecule has 23 heavy (non-hydrogen) atoms. The maximum atomic E-state index is 12.5. The molecule has 2 aromatic carbocycles. The van der Waals surface area contributed by atoms with Crippen molar-refractivity contribution in [1.82, 2.24) is 0 Å². The Bertz CT molecular complexity index is 683. The summed E-state index contributed by atoms with van der Waals surface area (Å²) in [6.45, 7) is 1.26. The van der Waals surface area contributed by atoms with Crippen LogP contribution in [0.2, 0.25) is 0 Å². The summed E-state index contributed by atoms with van der Waals surface area (Å²) in [4.78, 5) is 12.5. The van der Waals surface area contributed by atoms with Gasteiger partial charge in [0.1, 0.15) is 12.4 Å². The standard InChI is InChI=1S/C18H18BrNO3/c19-13-5-3-6-14(11-13)20-18(21)16-8-1-2-9-17(16)23-12-15-7-4-10-22-15/h1-3,5-6,8-9,11,15H,4,7,10,12H2,(H,20,21)/t15-/m1/s1. The highest BCUT2D eigenvalue weighted by Gasteiger charge is 2.18. The molecule has 1 aliphatic rings. The van der Waals surface area contributed by atoms with Crippen molar-refractivity contribution < 1.29 is 14.3 Å². The molecule has 0 radical (unpaired) electrons. The number of nitrogens with one attached hydrogen (secondary N) is 1. The van der Waals surface area contributed by atoms with Crippen molar-refractivity contribution in [2.75, 3.05) is 18.5 Å². The highest BCUT2D eigenvalue weighted by atomic mass is 79.9. The average Bonchev–Trinajstić information content (AvgIpc) is 3.06. The number of rotatable bonds is 5. The Kier molecular flexibility index (Phi) is 5.31. The summed E-state index contributed by atoms with van der Waals surface area (Å²) in [6, 6.07) is 14.7. The van der Waals surface area contributed by atoms with E-state index in [1.807, 2.05) is 42.5 Å². The number of ether oxygens (including phenoxy) is 2. The predicted molar refractivity (Wildman–Crippen MR) is 93.0 cm³/mol. The summed E-state index contributed by atoms with van der Waals surface area (Å²) in [5, 5.41) is 2.89. The van der Waals surface area contributed by atoms with Gasteiger partial charge in [-0.2, -0.15) is 0 Å². The van der Waals surface area contributed by atoms with E-state index in [9.17, 15) is 4.79 Å². The molecule has 1 heterocycles. The summed E-state index contributed by atoms with van der Waals surface area (Å²) in [7, 11) is 0. The molecule has 0 bridgehead atoms. The fourth-order valence-electron chi connectivity index (χ4n) is 2.50. The molecule has 1 amide bonds. The van der Waals surface area contributed by atoms with Gasteiger partial charge in [-0.1, -0.05) is 34.1 Å². The van der Waals surface area contributed by atoms with E-state index in [-0.39, 0.29) is 12.0 Å². The van der Waals surface area contributed by atoms with E-state index in [1.165, 1.54) is 0 Å². The Balaban J connectivity index is 1.69. The van der Waals surface area contributed by atoms with E-state index in [0.29, 0.717) is 17.9 Å². The number of hydrogen-bond acceptors (Lipinski definition) is 3. The number of anilines is 1. The van der Waals surface area contributed by atoms with Crippen molar-refractivity contribution in [3.05, 3.63) is 58.6 Å². The minimum absolute atomic E-state index is 0.121. The molecular formula is C18H18BrNO3. The zero-order valence-electron chi connectivity index (χ0n) is 12.6. The number of benzene rings is 2. The first-order valence-electron chi connectivity index (χ1n) is 7.63. The molecule has 5 heteroatoms. The van der Waals surface area contributed by atoms with Crippen LogP contribution in [0, 0.1) is 0 Å². The van der Waals surface area contributed by atoms with E-state index >= 15 is 0 Å². The van der Waals surface area contributed by atoms with Gasteiger partial charge in [0.25, 0.3) is 5.91 Å². The van der Waals surface area contributed by atoms with E-state index in [2.05, 4.69) is 21.2 Å². The number of para-hydroxylation sites is 1. The van der Waals surface area contributed by atoms with Crippen LogP contribution in [-0.2, 0) is 4.74 Å². The van der Waals surface area contributed by atoms with Crippen molar-refractivity contribution in [1.29, 1.82) is 0 Å². The fourth-order valence-corrected chi connectivity index (χ4v) is 2.90. The van der Waals surface area contributed by atoms with Gasteiger partial charge in [0, 0.05) is 16.8 Å². The second kappa shape index (κ2) is 7.62. The molecule has 1 saturated heterocycles. The van der Waals surface area contributed by atoms with Crippen LogP contribution in [0.5, 0.6) is 5.75 Å². The molecule has 0 unspecified atom stereocenters. The summed E-state index contributed by atoms with van der Waals surface area (Å²) in [5.41, 5.74) is 1.25. The average molecular weight is 376 g/mol. The van der Waals surface area contributed by atoms with Gasteiger partial charge in [0.2, 0.25) is 0 Å². The van der Waals surface area contributed by atoms with Crippen molar-refractivity contribution in [3.63, 3.8) is 0 Å². The molecule has 1 N–H and O–H groups in total. The van der Waals surface area contributed by atoms with Crippen LogP contribution >= 0.6 is 15.9 Å². The van der Waals surface area contributed by atoms with E-state index in [1.54, 1.807) is 6.07 Å². The van der Waals surface area contributed by atoms with Crippen LogP contribution in [0.3, 0.4) is 0 Å². The monoisotopic (exact) mass is 375 g/mol. The van der Waals surface area contributed by atoms with Crippen molar-refractivity contribution >= 4 is 27.5 Å². The van der Waals surface area contributed by atoms with E-state index in [4.69, 9.17) is 9.47 Å². The van der Waals surface area contributed by atoms with Crippen LogP contribution in [-0.4, -0.2) is 25.2 Å². The van der Waals surface area contributed by atoms with Crippen LogP contribution in [0.25, 0.3) is 0 Å².